The highest BCUT2D eigenvalue weighted by Gasteiger charge is 2.25. The van der Waals surface area contributed by atoms with E-state index in [1.165, 1.54) is 5.56 Å². The molecule has 1 fully saturated rings. The highest BCUT2D eigenvalue weighted by atomic mass is 35.5. The van der Waals surface area contributed by atoms with Crippen LogP contribution in [-0.2, 0) is 11.3 Å². The molecule has 1 aromatic rings. The minimum Gasteiger partial charge on any atom is -0.356 e. The number of nitrogens with zero attached hydrogens (tertiary/aromatic N) is 1. The predicted octanol–water partition coefficient (Wildman–Crippen LogP) is 2.69. The summed E-state index contributed by atoms with van der Waals surface area (Å²) in [6.45, 7) is 5.45. The van der Waals surface area contributed by atoms with Crippen molar-refractivity contribution in [2.75, 3.05) is 19.6 Å². The van der Waals surface area contributed by atoms with Crippen molar-refractivity contribution < 1.29 is 4.79 Å². The summed E-state index contributed by atoms with van der Waals surface area (Å²) in [5.74, 6) is 0.325. The molecule has 1 N–H and O–H groups in total. The number of carbonyl (C=O) groups is 1. The first-order chi connectivity index (χ1) is 9.19. The van der Waals surface area contributed by atoms with Crippen LogP contribution >= 0.6 is 11.6 Å². The maximum Gasteiger partial charge on any atom is 0.224 e. The Hall–Kier alpha value is -1.06. The molecule has 0 aromatic heterocycles. The number of rotatable bonds is 4. The quantitative estimate of drug-likeness (QED) is 0.920. The molecule has 1 saturated heterocycles. The van der Waals surface area contributed by atoms with Gasteiger partial charge in [-0.2, -0.15) is 0 Å². The molecule has 104 valence electrons. The first-order valence-electron chi connectivity index (χ1n) is 6.93. The van der Waals surface area contributed by atoms with Crippen LogP contribution in [-0.4, -0.2) is 30.4 Å². The lowest BCUT2D eigenvalue weighted by Gasteiger charge is -2.32. The molecule has 4 heteroatoms. The summed E-state index contributed by atoms with van der Waals surface area (Å²) in [5.41, 5.74) is 1.21. The van der Waals surface area contributed by atoms with Gasteiger partial charge in [-0.15, -0.1) is 0 Å². The molecule has 1 aliphatic rings. The summed E-state index contributed by atoms with van der Waals surface area (Å²) >= 11 is 6.00. The Bertz CT molecular complexity index is 436. The van der Waals surface area contributed by atoms with E-state index in [9.17, 15) is 4.79 Å². The first kappa shape index (κ1) is 14.4. The maximum atomic E-state index is 11.9. The molecule has 0 radical (unpaired) electrons. The zero-order chi connectivity index (χ0) is 13.7. The summed E-state index contributed by atoms with van der Waals surface area (Å²) in [4.78, 5) is 14.2. The third-order valence-electron chi connectivity index (χ3n) is 3.52. The molecule has 1 unspecified atom stereocenters. The van der Waals surface area contributed by atoms with E-state index in [2.05, 4.69) is 16.3 Å². The van der Waals surface area contributed by atoms with Crippen molar-refractivity contribution in [1.82, 2.24) is 10.2 Å². The van der Waals surface area contributed by atoms with Crippen LogP contribution in [0, 0.1) is 5.92 Å². The Kier molecular flexibility index (Phi) is 5.23. The van der Waals surface area contributed by atoms with Crippen LogP contribution in [0.15, 0.2) is 24.3 Å². The van der Waals surface area contributed by atoms with E-state index >= 15 is 0 Å². The number of nitrogens with one attached hydrogen (secondary N) is 1. The molecule has 0 saturated carbocycles. The van der Waals surface area contributed by atoms with Crippen LogP contribution in [0.25, 0.3) is 0 Å². The SMILES string of the molecule is CCNC(=O)C1CCCN(Cc2cccc(Cl)c2)C1. The van der Waals surface area contributed by atoms with Gasteiger partial charge in [0, 0.05) is 24.7 Å². The standard InChI is InChI=1S/C15H21ClN2O/c1-2-17-15(19)13-6-4-8-18(11-13)10-12-5-3-7-14(16)9-12/h3,5,7,9,13H,2,4,6,8,10-11H2,1H3,(H,17,19). The Morgan fingerprint density at radius 1 is 1.53 bits per heavy atom. The fourth-order valence-electron chi connectivity index (χ4n) is 2.63. The summed E-state index contributed by atoms with van der Waals surface area (Å²) < 4.78 is 0. The van der Waals surface area contributed by atoms with E-state index < -0.39 is 0 Å². The molecule has 0 spiro atoms. The molecule has 3 nitrogen and oxygen atoms in total. The van der Waals surface area contributed by atoms with Crippen molar-refractivity contribution in [2.24, 2.45) is 5.92 Å². The molecular formula is C15H21ClN2O. The van der Waals surface area contributed by atoms with Gasteiger partial charge in [-0.3, -0.25) is 9.69 Å². The average Bonchev–Trinajstić information content (AvgIpc) is 2.39. The molecule has 19 heavy (non-hydrogen) atoms. The molecule has 2 rings (SSSR count). The van der Waals surface area contributed by atoms with Gasteiger partial charge >= 0.3 is 0 Å². The van der Waals surface area contributed by atoms with Crippen LogP contribution in [0.4, 0.5) is 0 Å². The Labute approximate surface area is 119 Å². The number of piperidine rings is 1. The van der Waals surface area contributed by atoms with Gasteiger partial charge in [0.15, 0.2) is 0 Å². The highest BCUT2D eigenvalue weighted by molar-refractivity contribution is 6.30. The predicted molar refractivity (Wildman–Crippen MR) is 78.1 cm³/mol. The second kappa shape index (κ2) is 6.92. The normalized spacial score (nSPS) is 20.2. The van der Waals surface area contributed by atoms with Crippen LogP contribution in [0.3, 0.4) is 0 Å². The number of hydrogen-bond donors (Lipinski definition) is 1. The van der Waals surface area contributed by atoms with Crippen LogP contribution in [0.5, 0.6) is 0 Å². The molecular weight excluding hydrogens is 260 g/mol. The van der Waals surface area contributed by atoms with E-state index in [1.54, 1.807) is 0 Å². The second-order valence-corrected chi connectivity index (χ2v) is 5.54. The number of benzene rings is 1. The monoisotopic (exact) mass is 280 g/mol. The Balaban J connectivity index is 1.92. The van der Waals surface area contributed by atoms with Gasteiger partial charge in [-0.05, 0) is 44.0 Å². The van der Waals surface area contributed by atoms with E-state index in [1.807, 2.05) is 25.1 Å². The second-order valence-electron chi connectivity index (χ2n) is 5.10. The topological polar surface area (TPSA) is 32.3 Å². The van der Waals surface area contributed by atoms with Gasteiger partial charge in [0.1, 0.15) is 0 Å². The molecule has 1 aromatic carbocycles. The van der Waals surface area contributed by atoms with Crippen molar-refractivity contribution in [2.45, 2.75) is 26.3 Å². The third-order valence-corrected chi connectivity index (χ3v) is 3.76. The zero-order valence-electron chi connectivity index (χ0n) is 11.4. The summed E-state index contributed by atoms with van der Waals surface area (Å²) in [5, 5.41) is 3.70. The Morgan fingerprint density at radius 3 is 3.11 bits per heavy atom. The van der Waals surface area contributed by atoms with Gasteiger partial charge < -0.3 is 5.32 Å². The Morgan fingerprint density at radius 2 is 2.37 bits per heavy atom. The largest absolute Gasteiger partial charge is 0.356 e. The summed E-state index contributed by atoms with van der Waals surface area (Å²) in [7, 11) is 0. The minimum atomic E-state index is 0.132. The lowest BCUT2D eigenvalue weighted by Crippen LogP contribution is -2.42. The van der Waals surface area contributed by atoms with Gasteiger partial charge in [0.2, 0.25) is 5.91 Å². The van der Waals surface area contributed by atoms with Crippen molar-refractivity contribution in [3.63, 3.8) is 0 Å². The van der Waals surface area contributed by atoms with Gasteiger partial charge in [0.05, 0.1) is 5.92 Å². The van der Waals surface area contributed by atoms with E-state index in [4.69, 9.17) is 11.6 Å². The van der Waals surface area contributed by atoms with Gasteiger partial charge in [-0.25, -0.2) is 0 Å². The average molecular weight is 281 g/mol. The number of amides is 1. The number of carbonyl (C=O) groups excluding carboxylic acids is 1. The summed E-state index contributed by atoms with van der Waals surface area (Å²) in [6.07, 6.45) is 2.08. The summed E-state index contributed by atoms with van der Waals surface area (Å²) in [6, 6.07) is 7.94. The molecule has 1 aliphatic heterocycles. The molecule has 1 amide bonds. The number of hydrogen-bond acceptors (Lipinski definition) is 2. The van der Waals surface area contributed by atoms with Gasteiger partial charge in [0.25, 0.3) is 0 Å². The van der Waals surface area contributed by atoms with Crippen molar-refractivity contribution >= 4 is 17.5 Å². The van der Waals surface area contributed by atoms with Crippen molar-refractivity contribution in [3.8, 4) is 0 Å². The molecule has 1 heterocycles. The van der Waals surface area contributed by atoms with E-state index in [0.717, 1.165) is 37.5 Å². The zero-order valence-corrected chi connectivity index (χ0v) is 12.1. The van der Waals surface area contributed by atoms with Crippen LogP contribution in [0.2, 0.25) is 5.02 Å². The maximum absolute atomic E-state index is 11.9. The fourth-order valence-corrected chi connectivity index (χ4v) is 2.84. The van der Waals surface area contributed by atoms with Crippen molar-refractivity contribution in [3.05, 3.63) is 34.9 Å². The fraction of sp³-hybridized carbons (Fsp3) is 0.533. The van der Waals surface area contributed by atoms with Gasteiger partial charge in [-0.1, -0.05) is 23.7 Å². The van der Waals surface area contributed by atoms with Crippen molar-refractivity contribution in [1.29, 1.82) is 0 Å². The number of halogens is 1. The first-order valence-corrected chi connectivity index (χ1v) is 7.31. The highest BCUT2D eigenvalue weighted by Crippen LogP contribution is 2.20. The van der Waals surface area contributed by atoms with E-state index in [-0.39, 0.29) is 11.8 Å². The minimum absolute atomic E-state index is 0.132. The molecule has 0 aliphatic carbocycles. The van der Waals surface area contributed by atoms with Crippen LogP contribution < -0.4 is 5.32 Å². The van der Waals surface area contributed by atoms with Crippen LogP contribution in [0.1, 0.15) is 25.3 Å². The third kappa shape index (κ3) is 4.22. The number of likely N-dealkylation sites (tertiary alicyclic amines) is 1. The molecule has 1 atom stereocenters. The molecule has 0 bridgehead atoms. The lowest BCUT2D eigenvalue weighted by molar-refractivity contribution is -0.126. The van der Waals surface area contributed by atoms with E-state index in [0.29, 0.717) is 6.54 Å². The smallest absolute Gasteiger partial charge is 0.224 e. The lowest BCUT2D eigenvalue weighted by atomic mass is 9.96.